The largest absolute Gasteiger partial charge is 0.393 e. The summed E-state index contributed by atoms with van der Waals surface area (Å²) >= 11 is 0. The molecular weight excluding hydrogens is 317 g/mol. The van der Waals surface area contributed by atoms with E-state index in [2.05, 4.69) is 5.32 Å². The van der Waals surface area contributed by atoms with Gasteiger partial charge in [0, 0.05) is 19.1 Å². The molecule has 1 aliphatic rings. The maximum Gasteiger partial charge on any atom is 0.393 e. The molecule has 0 spiro atoms. The van der Waals surface area contributed by atoms with Crippen LogP contribution in [-0.2, 0) is 16.4 Å². The van der Waals surface area contributed by atoms with Gasteiger partial charge in [0.2, 0.25) is 10.0 Å². The number of halogens is 3. The van der Waals surface area contributed by atoms with Gasteiger partial charge < -0.3 is 5.32 Å². The molecule has 1 heterocycles. The van der Waals surface area contributed by atoms with Crippen LogP contribution < -0.4 is 5.32 Å². The first kappa shape index (κ1) is 17.2. The Morgan fingerprint density at radius 2 is 1.91 bits per heavy atom. The zero-order valence-electron chi connectivity index (χ0n) is 12.2. The number of likely N-dealkylation sites (N-methyl/N-ethyl adjacent to an activating group) is 1. The summed E-state index contributed by atoms with van der Waals surface area (Å²) < 4.78 is 63.4. The molecule has 4 nitrogen and oxygen atoms in total. The fraction of sp³-hybridized carbons (Fsp3) is 0.571. The second-order valence-electron chi connectivity index (χ2n) is 5.43. The minimum absolute atomic E-state index is 0.0372. The van der Waals surface area contributed by atoms with Gasteiger partial charge in [-0.15, -0.1) is 0 Å². The van der Waals surface area contributed by atoms with Crippen molar-refractivity contribution in [2.24, 2.45) is 0 Å². The van der Waals surface area contributed by atoms with Gasteiger partial charge in [0.05, 0.1) is 11.3 Å². The molecule has 0 aliphatic carbocycles. The lowest BCUT2D eigenvalue weighted by molar-refractivity contribution is -0.127. The van der Waals surface area contributed by atoms with E-state index < -0.39 is 22.6 Å². The van der Waals surface area contributed by atoms with Gasteiger partial charge in [-0.2, -0.15) is 17.5 Å². The number of nitrogens with one attached hydrogen (secondary N) is 1. The summed E-state index contributed by atoms with van der Waals surface area (Å²) in [5, 5.41) is 3.06. The van der Waals surface area contributed by atoms with Crippen molar-refractivity contribution in [2.45, 2.75) is 36.4 Å². The highest BCUT2D eigenvalue weighted by molar-refractivity contribution is 7.89. The van der Waals surface area contributed by atoms with Crippen molar-refractivity contribution in [3.05, 3.63) is 29.8 Å². The minimum atomic E-state index is -4.30. The molecule has 0 amide bonds. The molecule has 1 aromatic carbocycles. The van der Waals surface area contributed by atoms with Gasteiger partial charge in [0.1, 0.15) is 0 Å². The smallest absolute Gasteiger partial charge is 0.316 e. The summed E-state index contributed by atoms with van der Waals surface area (Å²) in [4.78, 5) is 0.0372. The molecule has 1 unspecified atom stereocenters. The van der Waals surface area contributed by atoms with Crippen LogP contribution in [0.1, 0.15) is 18.4 Å². The number of rotatable bonds is 4. The number of benzene rings is 1. The van der Waals surface area contributed by atoms with E-state index >= 15 is 0 Å². The van der Waals surface area contributed by atoms with Crippen molar-refractivity contribution < 1.29 is 21.6 Å². The quantitative estimate of drug-likeness (QED) is 0.917. The van der Waals surface area contributed by atoms with Crippen LogP contribution in [0.25, 0.3) is 0 Å². The van der Waals surface area contributed by atoms with Gasteiger partial charge in [-0.1, -0.05) is 12.1 Å². The molecule has 0 bridgehead atoms. The molecule has 8 heteroatoms. The molecule has 124 valence electrons. The first-order chi connectivity index (χ1) is 10.2. The lowest BCUT2D eigenvalue weighted by Crippen LogP contribution is -2.46. The third-order valence-electron chi connectivity index (χ3n) is 3.76. The Kier molecular flexibility index (Phi) is 5.14. The predicted octanol–water partition coefficient (Wildman–Crippen LogP) is 2.16. The van der Waals surface area contributed by atoms with Crippen LogP contribution >= 0.6 is 0 Å². The van der Waals surface area contributed by atoms with Gasteiger partial charge in [-0.25, -0.2) is 8.42 Å². The van der Waals surface area contributed by atoms with E-state index in [1.807, 2.05) is 0 Å². The van der Waals surface area contributed by atoms with Gasteiger partial charge >= 0.3 is 6.18 Å². The molecule has 1 atom stereocenters. The number of piperidine rings is 1. The van der Waals surface area contributed by atoms with Crippen LogP contribution in [-0.4, -0.2) is 45.1 Å². The normalized spacial score (nSPS) is 21.0. The Labute approximate surface area is 128 Å². The van der Waals surface area contributed by atoms with Crippen LogP contribution in [0.2, 0.25) is 0 Å². The van der Waals surface area contributed by atoms with Crippen LogP contribution in [0.4, 0.5) is 13.2 Å². The van der Waals surface area contributed by atoms with E-state index in [1.54, 1.807) is 7.05 Å². The molecule has 1 aliphatic heterocycles. The van der Waals surface area contributed by atoms with Crippen molar-refractivity contribution in [1.29, 1.82) is 0 Å². The molecular formula is C14H19F3N2O2S. The van der Waals surface area contributed by atoms with Crippen molar-refractivity contribution in [3.63, 3.8) is 0 Å². The topological polar surface area (TPSA) is 49.4 Å². The summed E-state index contributed by atoms with van der Waals surface area (Å²) in [6, 6.07) is 5.05. The lowest BCUT2D eigenvalue weighted by Gasteiger charge is -2.31. The summed E-state index contributed by atoms with van der Waals surface area (Å²) in [5.41, 5.74) is 0.0539. The van der Waals surface area contributed by atoms with Gasteiger partial charge in [-0.3, -0.25) is 0 Å². The van der Waals surface area contributed by atoms with E-state index in [-0.39, 0.29) is 16.5 Å². The third kappa shape index (κ3) is 4.21. The van der Waals surface area contributed by atoms with Crippen molar-refractivity contribution in [1.82, 2.24) is 9.62 Å². The van der Waals surface area contributed by atoms with Crippen LogP contribution in [0, 0.1) is 0 Å². The van der Waals surface area contributed by atoms with E-state index in [4.69, 9.17) is 0 Å². The molecule has 1 aromatic rings. The zero-order valence-corrected chi connectivity index (χ0v) is 13.0. The van der Waals surface area contributed by atoms with Gasteiger partial charge in [0.25, 0.3) is 0 Å². The van der Waals surface area contributed by atoms with Crippen molar-refractivity contribution in [3.8, 4) is 0 Å². The molecule has 1 saturated heterocycles. The summed E-state index contributed by atoms with van der Waals surface area (Å²) in [6.45, 7) is 0.813. The molecule has 1 fully saturated rings. The predicted molar refractivity (Wildman–Crippen MR) is 77.0 cm³/mol. The average Bonchev–Trinajstić information content (AvgIpc) is 2.46. The van der Waals surface area contributed by atoms with Crippen molar-refractivity contribution in [2.75, 3.05) is 20.1 Å². The molecule has 1 N–H and O–H groups in total. The highest BCUT2D eigenvalue weighted by atomic mass is 32.2. The first-order valence-corrected chi connectivity index (χ1v) is 8.49. The Morgan fingerprint density at radius 3 is 2.45 bits per heavy atom. The summed E-state index contributed by atoms with van der Waals surface area (Å²) in [5.74, 6) is 0. The Hall–Kier alpha value is -1.12. The van der Waals surface area contributed by atoms with E-state index in [0.29, 0.717) is 13.1 Å². The maximum atomic E-state index is 12.5. The summed E-state index contributed by atoms with van der Waals surface area (Å²) in [6.07, 6.45) is -3.68. The highest BCUT2D eigenvalue weighted by Crippen LogP contribution is 2.24. The average molecular weight is 336 g/mol. The molecule has 2 rings (SSSR count). The van der Waals surface area contributed by atoms with Crippen LogP contribution in [0.5, 0.6) is 0 Å². The first-order valence-electron chi connectivity index (χ1n) is 7.05. The Bertz CT molecular complexity index is 600. The standard InChI is InChI=1S/C14H19F3N2O2S/c1-18-12-3-2-8-19(10-12)22(20,21)13-6-4-11(5-7-13)9-14(15,16)17/h4-7,12,18H,2-3,8-10H2,1H3. The SMILES string of the molecule is CNC1CCCN(S(=O)(=O)c2ccc(CC(F)(F)F)cc2)C1. The molecule has 0 aromatic heterocycles. The monoisotopic (exact) mass is 336 g/mol. The minimum Gasteiger partial charge on any atom is -0.316 e. The second kappa shape index (κ2) is 6.55. The number of nitrogens with zero attached hydrogens (tertiary/aromatic N) is 1. The number of hydrogen-bond acceptors (Lipinski definition) is 3. The number of sulfonamides is 1. The van der Waals surface area contributed by atoms with Crippen LogP contribution in [0.15, 0.2) is 29.2 Å². The molecule has 22 heavy (non-hydrogen) atoms. The fourth-order valence-electron chi connectivity index (χ4n) is 2.56. The Morgan fingerprint density at radius 1 is 1.27 bits per heavy atom. The number of alkyl halides is 3. The van der Waals surface area contributed by atoms with E-state index in [1.165, 1.54) is 28.6 Å². The van der Waals surface area contributed by atoms with Crippen LogP contribution in [0.3, 0.4) is 0 Å². The fourth-order valence-corrected chi connectivity index (χ4v) is 4.08. The molecule has 0 saturated carbocycles. The van der Waals surface area contributed by atoms with Gasteiger partial charge in [-0.05, 0) is 37.6 Å². The van der Waals surface area contributed by atoms with E-state index in [9.17, 15) is 21.6 Å². The van der Waals surface area contributed by atoms with Crippen molar-refractivity contribution >= 4 is 10.0 Å². The summed E-state index contributed by atoms with van der Waals surface area (Å²) in [7, 11) is -1.87. The third-order valence-corrected chi connectivity index (χ3v) is 5.64. The highest BCUT2D eigenvalue weighted by Gasteiger charge is 2.30. The second-order valence-corrected chi connectivity index (χ2v) is 7.36. The maximum absolute atomic E-state index is 12.5. The number of hydrogen-bond donors (Lipinski definition) is 1. The molecule has 0 radical (unpaired) electrons. The van der Waals surface area contributed by atoms with Gasteiger partial charge in [0.15, 0.2) is 0 Å². The Balaban J connectivity index is 2.15. The lowest BCUT2D eigenvalue weighted by atomic mass is 10.1. The van der Waals surface area contributed by atoms with E-state index in [0.717, 1.165) is 12.8 Å². The zero-order chi connectivity index (χ0) is 16.4.